The monoisotopic (exact) mass is 296 g/mol. The summed E-state index contributed by atoms with van der Waals surface area (Å²) in [5.74, 6) is 0.493. The molecule has 112 valence electrons. The van der Waals surface area contributed by atoms with Crippen LogP contribution in [0.5, 0.6) is 0 Å². The lowest BCUT2D eigenvalue weighted by molar-refractivity contribution is 0.452. The SMILES string of the molecule is CCc1ccc(CN)cc1S(=O)(=O)N1CCC(CC)C1. The van der Waals surface area contributed by atoms with Crippen LogP contribution in [-0.2, 0) is 23.0 Å². The number of sulfonamides is 1. The van der Waals surface area contributed by atoms with Crippen molar-refractivity contribution >= 4 is 10.0 Å². The standard InChI is InChI=1S/C15H24N2O2S/c1-3-12-7-8-17(11-12)20(18,19)15-9-13(10-16)5-6-14(15)4-2/h5-6,9,12H,3-4,7-8,10-11,16H2,1-2H3. The highest BCUT2D eigenvalue weighted by Crippen LogP contribution is 2.28. The van der Waals surface area contributed by atoms with Crippen LogP contribution in [0.2, 0.25) is 0 Å². The van der Waals surface area contributed by atoms with Crippen molar-refractivity contribution in [1.82, 2.24) is 4.31 Å². The predicted octanol–water partition coefficient (Wildman–Crippen LogP) is 2.13. The molecule has 0 saturated carbocycles. The maximum atomic E-state index is 12.8. The van der Waals surface area contributed by atoms with E-state index < -0.39 is 10.0 Å². The van der Waals surface area contributed by atoms with Gasteiger partial charge in [0.2, 0.25) is 10.0 Å². The van der Waals surface area contributed by atoms with Crippen LogP contribution >= 0.6 is 0 Å². The summed E-state index contributed by atoms with van der Waals surface area (Å²) in [4.78, 5) is 0.444. The van der Waals surface area contributed by atoms with E-state index in [0.717, 1.165) is 24.0 Å². The van der Waals surface area contributed by atoms with E-state index in [0.29, 0.717) is 36.9 Å². The van der Waals surface area contributed by atoms with E-state index >= 15 is 0 Å². The van der Waals surface area contributed by atoms with Crippen molar-refractivity contribution < 1.29 is 8.42 Å². The summed E-state index contributed by atoms with van der Waals surface area (Å²) in [6.07, 6.45) is 2.72. The van der Waals surface area contributed by atoms with E-state index in [9.17, 15) is 8.42 Å². The molecule has 1 saturated heterocycles. The lowest BCUT2D eigenvalue weighted by Crippen LogP contribution is -2.29. The maximum absolute atomic E-state index is 12.8. The molecule has 1 unspecified atom stereocenters. The summed E-state index contributed by atoms with van der Waals surface area (Å²) in [5, 5.41) is 0. The normalized spacial score (nSPS) is 20.4. The van der Waals surface area contributed by atoms with E-state index in [1.54, 1.807) is 10.4 Å². The molecular weight excluding hydrogens is 272 g/mol. The molecule has 4 nitrogen and oxygen atoms in total. The third kappa shape index (κ3) is 2.90. The summed E-state index contributed by atoms with van der Waals surface area (Å²) in [6, 6.07) is 5.55. The minimum Gasteiger partial charge on any atom is -0.326 e. The third-order valence-electron chi connectivity index (χ3n) is 4.19. The van der Waals surface area contributed by atoms with Gasteiger partial charge >= 0.3 is 0 Å². The largest absolute Gasteiger partial charge is 0.326 e. The Morgan fingerprint density at radius 2 is 2.10 bits per heavy atom. The average molecular weight is 296 g/mol. The van der Waals surface area contributed by atoms with Gasteiger partial charge in [-0.2, -0.15) is 4.31 Å². The maximum Gasteiger partial charge on any atom is 0.243 e. The van der Waals surface area contributed by atoms with Gasteiger partial charge in [-0.25, -0.2) is 8.42 Å². The van der Waals surface area contributed by atoms with Gasteiger partial charge in [-0.3, -0.25) is 0 Å². The van der Waals surface area contributed by atoms with Crippen molar-refractivity contribution in [3.05, 3.63) is 29.3 Å². The van der Waals surface area contributed by atoms with E-state index in [1.165, 1.54) is 0 Å². The molecule has 1 aromatic carbocycles. The fraction of sp³-hybridized carbons (Fsp3) is 0.600. The molecule has 20 heavy (non-hydrogen) atoms. The number of nitrogens with zero attached hydrogens (tertiary/aromatic N) is 1. The molecule has 1 aromatic rings. The second kappa shape index (κ2) is 6.24. The van der Waals surface area contributed by atoms with Crippen LogP contribution < -0.4 is 5.73 Å². The molecule has 1 atom stereocenters. The van der Waals surface area contributed by atoms with E-state index in [-0.39, 0.29) is 0 Å². The average Bonchev–Trinajstić information content (AvgIpc) is 2.96. The minimum atomic E-state index is -3.38. The Morgan fingerprint density at radius 1 is 1.35 bits per heavy atom. The lowest BCUT2D eigenvalue weighted by atomic mass is 10.1. The summed E-state index contributed by atoms with van der Waals surface area (Å²) in [6.45, 7) is 5.75. The van der Waals surface area contributed by atoms with E-state index in [1.807, 2.05) is 19.1 Å². The molecule has 2 N–H and O–H groups in total. The van der Waals surface area contributed by atoms with Crippen LogP contribution in [0.15, 0.2) is 23.1 Å². The second-order valence-corrected chi connectivity index (χ2v) is 7.33. The second-order valence-electron chi connectivity index (χ2n) is 5.43. The number of rotatable bonds is 5. The van der Waals surface area contributed by atoms with Crippen LogP contribution in [0, 0.1) is 5.92 Å². The Balaban J connectivity index is 2.38. The van der Waals surface area contributed by atoms with Gasteiger partial charge in [0.15, 0.2) is 0 Å². The molecule has 1 aliphatic rings. The van der Waals surface area contributed by atoms with Gasteiger partial charge in [0.05, 0.1) is 4.90 Å². The van der Waals surface area contributed by atoms with Crippen molar-refractivity contribution in [2.75, 3.05) is 13.1 Å². The van der Waals surface area contributed by atoms with Gasteiger partial charge in [-0.1, -0.05) is 32.4 Å². The van der Waals surface area contributed by atoms with Gasteiger partial charge in [-0.05, 0) is 36.0 Å². The van der Waals surface area contributed by atoms with Gasteiger partial charge in [0.1, 0.15) is 0 Å². The number of benzene rings is 1. The van der Waals surface area contributed by atoms with Crippen LogP contribution in [0.3, 0.4) is 0 Å². The third-order valence-corrected chi connectivity index (χ3v) is 6.14. The molecule has 0 radical (unpaired) electrons. The zero-order valence-corrected chi connectivity index (χ0v) is 13.1. The molecule has 5 heteroatoms. The fourth-order valence-electron chi connectivity index (χ4n) is 2.75. The molecule has 2 rings (SSSR count). The molecule has 0 aromatic heterocycles. The van der Waals surface area contributed by atoms with Crippen molar-refractivity contribution in [2.45, 2.75) is 44.6 Å². The van der Waals surface area contributed by atoms with Gasteiger partial charge in [-0.15, -0.1) is 0 Å². The van der Waals surface area contributed by atoms with Crippen molar-refractivity contribution in [1.29, 1.82) is 0 Å². The highest BCUT2D eigenvalue weighted by Gasteiger charge is 2.32. The number of hydrogen-bond donors (Lipinski definition) is 1. The molecule has 0 bridgehead atoms. The van der Waals surface area contributed by atoms with Crippen LogP contribution in [0.25, 0.3) is 0 Å². The van der Waals surface area contributed by atoms with Gasteiger partial charge < -0.3 is 5.73 Å². The first-order valence-corrected chi connectivity index (χ1v) is 8.78. The Morgan fingerprint density at radius 3 is 2.65 bits per heavy atom. The van der Waals surface area contributed by atoms with E-state index in [2.05, 4.69) is 6.92 Å². The molecule has 0 spiro atoms. The van der Waals surface area contributed by atoms with Crippen molar-refractivity contribution in [3.8, 4) is 0 Å². The zero-order chi connectivity index (χ0) is 14.8. The summed E-state index contributed by atoms with van der Waals surface area (Å²) in [7, 11) is -3.38. The van der Waals surface area contributed by atoms with E-state index in [4.69, 9.17) is 5.73 Å². The van der Waals surface area contributed by atoms with Crippen LogP contribution in [0.1, 0.15) is 37.8 Å². The number of nitrogens with two attached hydrogens (primary N) is 1. The highest BCUT2D eigenvalue weighted by atomic mass is 32.2. The molecule has 1 fully saturated rings. The molecular formula is C15H24N2O2S. The molecule has 1 aliphatic heterocycles. The quantitative estimate of drug-likeness (QED) is 0.905. The first kappa shape index (κ1) is 15.5. The van der Waals surface area contributed by atoms with Gasteiger partial charge in [0.25, 0.3) is 0 Å². The van der Waals surface area contributed by atoms with Crippen molar-refractivity contribution in [3.63, 3.8) is 0 Å². The molecule has 0 aliphatic carbocycles. The fourth-order valence-corrected chi connectivity index (χ4v) is 4.62. The summed E-state index contributed by atoms with van der Waals surface area (Å²) < 4.78 is 27.3. The van der Waals surface area contributed by atoms with Crippen molar-refractivity contribution in [2.24, 2.45) is 11.7 Å². The Hall–Kier alpha value is -0.910. The summed E-state index contributed by atoms with van der Waals surface area (Å²) in [5.41, 5.74) is 7.39. The van der Waals surface area contributed by atoms with Gasteiger partial charge in [0, 0.05) is 19.6 Å². The highest BCUT2D eigenvalue weighted by molar-refractivity contribution is 7.89. The van der Waals surface area contributed by atoms with Crippen LogP contribution in [0.4, 0.5) is 0 Å². The molecule has 0 amide bonds. The Kier molecular flexibility index (Phi) is 4.83. The first-order chi connectivity index (χ1) is 9.52. The minimum absolute atomic E-state index is 0.365. The topological polar surface area (TPSA) is 63.4 Å². The summed E-state index contributed by atoms with van der Waals surface area (Å²) >= 11 is 0. The molecule has 1 heterocycles. The Labute approximate surface area is 122 Å². The zero-order valence-electron chi connectivity index (χ0n) is 12.3. The first-order valence-electron chi connectivity index (χ1n) is 7.34. The smallest absolute Gasteiger partial charge is 0.243 e. The Bertz CT molecular complexity index is 569. The lowest BCUT2D eigenvalue weighted by Gasteiger charge is -2.19. The number of hydrogen-bond acceptors (Lipinski definition) is 3. The predicted molar refractivity (Wildman–Crippen MR) is 80.9 cm³/mol. The number of aryl methyl sites for hydroxylation is 1. The van der Waals surface area contributed by atoms with Crippen LogP contribution in [-0.4, -0.2) is 25.8 Å².